The van der Waals surface area contributed by atoms with Crippen LogP contribution in [0.15, 0.2) is 18.2 Å². The van der Waals surface area contributed by atoms with Crippen LogP contribution in [-0.4, -0.2) is 21.3 Å². The zero-order valence-electron chi connectivity index (χ0n) is 7.87. The van der Waals surface area contributed by atoms with E-state index in [0.717, 1.165) is 0 Å². The van der Waals surface area contributed by atoms with Gasteiger partial charge < -0.3 is 5.73 Å². The monoisotopic (exact) mass is 332 g/mol. The average molecular weight is 332 g/mol. The highest BCUT2D eigenvalue weighted by molar-refractivity contribution is 14.1. The summed E-state index contributed by atoms with van der Waals surface area (Å²) >= 11 is 1.95. The van der Waals surface area contributed by atoms with Gasteiger partial charge in [-0.15, -0.1) is 0 Å². The van der Waals surface area contributed by atoms with E-state index in [1.807, 2.05) is 22.6 Å². The Hall–Kier alpha value is -1.51. The van der Waals surface area contributed by atoms with E-state index in [0.29, 0.717) is 14.8 Å². The summed E-state index contributed by atoms with van der Waals surface area (Å²) < 4.78 is 13.5. The van der Waals surface area contributed by atoms with E-state index in [1.165, 1.54) is 18.2 Å². The van der Waals surface area contributed by atoms with Crippen LogP contribution in [0.2, 0.25) is 0 Å². The molecular weight excluding hydrogens is 326 g/mol. The van der Waals surface area contributed by atoms with E-state index in [9.17, 15) is 9.18 Å². The Labute approximate surface area is 103 Å². The Morgan fingerprint density at radius 1 is 1.44 bits per heavy atom. The van der Waals surface area contributed by atoms with Gasteiger partial charge in [0.1, 0.15) is 11.5 Å². The maximum Gasteiger partial charge on any atom is 0.271 e. The Balaban J connectivity index is 2.59. The average Bonchev–Trinajstić information content (AvgIpc) is 2.66. The number of rotatable bonds is 2. The predicted molar refractivity (Wildman–Crippen MR) is 63.0 cm³/mol. The number of amides is 1. The first-order valence-corrected chi connectivity index (χ1v) is 5.33. The van der Waals surface area contributed by atoms with Gasteiger partial charge in [0.2, 0.25) is 0 Å². The lowest BCUT2D eigenvalue weighted by Gasteiger charge is -2.01. The number of primary amides is 1. The number of H-pyrrole nitrogens is 1. The number of nitrogens with one attached hydrogen (secondary N) is 1. The van der Waals surface area contributed by atoms with Crippen LogP contribution in [-0.2, 0) is 0 Å². The smallest absolute Gasteiger partial charge is 0.271 e. The highest BCUT2D eigenvalue weighted by atomic mass is 127. The number of benzene rings is 1. The lowest BCUT2D eigenvalue weighted by atomic mass is 10.1. The Morgan fingerprint density at radius 3 is 2.81 bits per heavy atom. The van der Waals surface area contributed by atoms with Crippen molar-refractivity contribution in [3.63, 3.8) is 0 Å². The Bertz CT molecular complexity index is 554. The van der Waals surface area contributed by atoms with Crippen molar-refractivity contribution in [2.75, 3.05) is 0 Å². The fraction of sp³-hybridized carbons (Fsp3) is 0. The molecule has 0 fully saturated rings. The van der Waals surface area contributed by atoms with Crippen LogP contribution >= 0.6 is 22.6 Å². The molecule has 2 aromatic rings. The molecule has 0 radical (unpaired) electrons. The van der Waals surface area contributed by atoms with Crippen molar-refractivity contribution in [2.24, 2.45) is 5.73 Å². The van der Waals surface area contributed by atoms with Crippen molar-refractivity contribution in [1.29, 1.82) is 0 Å². The number of hydrogen-bond donors (Lipinski definition) is 2. The minimum absolute atomic E-state index is 0.0459. The lowest BCUT2D eigenvalue weighted by molar-refractivity contribution is 0.0996. The second-order valence-electron chi connectivity index (χ2n) is 3.01. The molecule has 1 amide bonds. The van der Waals surface area contributed by atoms with Crippen molar-refractivity contribution in [3.8, 4) is 11.3 Å². The summed E-state index contributed by atoms with van der Waals surface area (Å²) in [5, 5.41) is 9.80. The van der Waals surface area contributed by atoms with Crippen LogP contribution in [0, 0.1) is 9.39 Å². The molecule has 82 valence electrons. The first-order chi connectivity index (χ1) is 7.59. The molecule has 0 saturated carbocycles. The zero-order valence-corrected chi connectivity index (χ0v) is 10.0. The van der Waals surface area contributed by atoms with E-state index < -0.39 is 5.91 Å². The molecular formula is C9H6FIN4O. The molecule has 7 heteroatoms. The molecule has 3 N–H and O–H groups in total. The summed E-state index contributed by atoms with van der Waals surface area (Å²) in [5.41, 5.74) is 6.13. The SMILES string of the molecule is NC(=O)c1n[nH]nc1-c1ccc(F)cc1I. The molecule has 0 atom stereocenters. The fourth-order valence-corrected chi connectivity index (χ4v) is 2.00. The van der Waals surface area contributed by atoms with Crippen LogP contribution in [0.3, 0.4) is 0 Å². The molecule has 0 aliphatic heterocycles. The molecule has 2 rings (SSSR count). The van der Waals surface area contributed by atoms with Crippen LogP contribution in [0.4, 0.5) is 4.39 Å². The Morgan fingerprint density at radius 2 is 2.19 bits per heavy atom. The molecule has 0 aliphatic carbocycles. The van der Waals surface area contributed by atoms with Crippen molar-refractivity contribution in [1.82, 2.24) is 15.4 Å². The molecule has 0 saturated heterocycles. The van der Waals surface area contributed by atoms with Gasteiger partial charge in [-0.05, 0) is 40.8 Å². The van der Waals surface area contributed by atoms with Gasteiger partial charge in [-0.3, -0.25) is 4.79 Å². The molecule has 0 spiro atoms. The van der Waals surface area contributed by atoms with Gasteiger partial charge in [-0.1, -0.05) is 0 Å². The quantitative estimate of drug-likeness (QED) is 0.814. The van der Waals surface area contributed by atoms with Crippen molar-refractivity contribution >= 4 is 28.5 Å². The first-order valence-electron chi connectivity index (χ1n) is 4.25. The number of aromatic amines is 1. The number of carbonyl (C=O) groups is 1. The van der Waals surface area contributed by atoms with Gasteiger partial charge in [0.05, 0.1) is 0 Å². The summed E-state index contributed by atoms with van der Waals surface area (Å²) in [6.45, 7) is 0. The number of carbonyl (C=O) groups excluding carboxylic acids is 1. The molecule has 1 aromatic heterocycles. The standard InChI is InChI=1S/C9H6FIN4O/c10-4-1-2-5(6(11)3-4)7-8(9(12)16)14-15-13-7/h1-3H,(H2,12,16)(H,13,14,15). The third kappa shape index (κ3) is 1.90. The minimum Gasteiger partial charge on any atom is -0.364 e. The van der Waals surface area contributed by atoms with Gasteiger partial charge in [-0.25, -0.2) is 4.39 Å². The number of hydrogen-bond acceptors (Lipinski definition) is 3. The van der Waals surface area contributed by atoms with Crippen molar-refractivity contribution < 1.29 is 9.18 Å². The highest BCUT2D eigenvalue weighted by Crippen LogP contribution is 2.25. The first kappa shape index (κ1) is 11.0. The molecule has 1 heterocycles. The summed E-state index contributed by atoms with van der Waals surface area (Å²) in [4.78, 5) is 11.1. The fourth-order valence-electron chi connectivity index (χ4n) is 1.27. The number of nitrogens with zero attached hydrogens (tertiary/aromatic N) is 2. The lowest BCUT2D eigenvalue weighted by Crippen LogP contribution is -2.13. The number of aromatic nitrogens is 3. The van der Waals surface area contributed by atoms with E-state index in [-0.39, 0.29) is 11.5 Å². The molecule has 0 unspecified atom stereocenters. The topological polar surface area (TPSA) is 84.7 Å². The van der Waals surface area contributed by atoms with Crippen LogP contribution in [0.5, 0.6) is 0 Å². The van der Waals surface area contributed by atoms with E-state index in [2.05, 4.69) is 15.4 Å². The van der Waals surface area contributed by atoms with Gasteiger partial charge in [0.15, 0.2) is 5.69 Å². The summed E-state index contributed by atoms with van der Waals surface area (Å²) in [6.07, 6.45) is 0. The Kier molecular flexibility index (Phi) is 2.86. The van der Waals surface area contributed by atoms with Crippen LogP contribution in [0.1, 0.15) is 10.5 Å². The van der Waals surface area contributed by atoms with Crippen LogP contribution in [0.25, 0.3) is 11.3 Å². The number of nitrogens with two attached hydrogens (primary N) is 1. The van der Waals surface area contributed by atoms with Crippen molar-refractivity contribution in [3.05, 3.63) is 33.3 Å². The van der Waals surface area contributed by atoms with Crippen LogP contribution < -0.4 is 5.73 Å². The van der Waals surface area contributed by atoms with E-state index >= 15 is 0 Å². The molecule has 0 bridgehead atoms. The normalized spacial score (nSPS) is 10.4. The second kappa shape index (κ2) is 4.16. The maximum absolute atomic E-state index is 12.9. The summed E-state index contributed by atoms with van der Waals surface area (Å²) in [6, 6.07) is 4.16. The largest absolute Gasteiger partial charge is 0.364 e. The van der Waals surface area contributed by atoms with E-state index in [4.69, 9.17) is 5.73 Å². The predicted octanol–water partition coefficient (Wildman–Crippen LogP) is 1.31. The van der Waals surface area contributed by atoms with Gasteiger partial charge in [-0.2, -0.15) is 15.4 Å². The van der Waals surface area contributed by atoms with Gasteiger partial charge in [0.25, 0.3) is 5.91 Å². The maximum atomic E-state index is 12.9. The van der Waals surface area contributed by atoms with Gasteiger partial charge >= 0.3 is 0 Å². The molecule has 16 heavy (non-hydrogen) atoms. The number of halogens is 2. The molecule has 0 aliphatic rings. The third-order valence-corrected chi connectivity index (χ3v) is 2.86. The minimum atomic E-state index is -0.677. The summed E-state index contributed by atoms with van der Waals surface area (Å²) in [7, 11) is 0. The molecule has 1 aromatic carbocycles. The third-order valence-electron chi connectivity index (χ3n) is 1.97. The summed E-state index contributed by atoms with van der Waals surface area (Å²) in [5.74, 6) is -1.03. The second-order valence-corrected chi connectivity index (χ2v) is 4.17. The van der Waals surface area contributed by atoms with Crippen molar-refractivity contribution in [2.45, 2.75) is 0 Å². The highest BCUT2D eigenvalue weighted by Gasteiger charge is 2.17. The van der Waals surface area contributed by atoms with Gasteiger partial charge in [0, 0.05) is 9.13 Å². The van der Waals surface area contributed by atoms with E-state index in [1.54, 1.807) is 0 Å². The zero-order chi connectivity index (χ0) is 11.7. The molecule has 5 nitrogen and oxygen atoms in total.